The molecule has 1 rings (SSSR count). The quantitative estimate of drug-likeness (QED) is 0.398. The first kappa shape index (κ1) is 11.0. The first-order chi connectivity index (χ1) is 6.10. The molecule has 76 valence electrons. The SMILES string of the molecule is COC(CCl)OC1C=CCC1(C)C. The molecule has 0 spiro atoms. The molecule has 0 N–H and O–H groups in total. The minimum absolute atomic E-state index is 0.121. The highest BCUT2D eigenvalue weighted by molar-refractivity contribution is 6.18. The number of rotatable bonds is 4. The van der Waals surface area contributed by atoms with E-state index >= 15 is 0 Å². The first-order valence-corrected chi connectivity index (χ1v) is 5.04. The van der Waals surface area contributed by atoms with Gasteiger partial charge in [-0.15, -0.1) is 11.6 Å². The van der Waals surface area contributed by atoms with Crippen molar-refractivity contribution in [3.8, 4) is 0 Å². The van der Waals surface area contributed by atoms with Crippen molar-refractivity contribution in [3.63, 3.8) is 0 Å². The van der Waals surface area contributed by atoms with Gasteiger partial charge < -0.3 is 9.47 Å². The van der Waals surface area contributed by atoms with Gasteiger partial charge in [-0.1, -0.05) is 26.0 Å². The summed E-state index contributed by atoms with van der Waals surface area (Å²) in [6, 6.07) is 0. The van der Waals surface area contributed by atoms with E-state index < -0.39 is 0 Å². The zero-order valence-corrected chi connectivity index (χ0v) is 9.17. The van der Waals surface area contributed by atoms with Crippen LogP contribution < -0.4 is 0 Å². The normalized spacial score (nSPS) is 27.8. The number of hydrogen-bond acceptors (Lipinski definition) is 2. The summed E-state index contributed by atoms with van der Waals surface area (Å²) in [5.41, 5.74) is 0.169. The molecular formula is C10H17ClO2. The second kappa shape index (κ2) is 4.45. The highest BCUT2D eigenvalue weighted by atomic mass is 35.5. The van der Waals surface area contributed by atoms with Crippen LogP contribution in [-0.2, 0) is 9.47 Å². The van der Waals surface area contributed by atoms with E-state index in [1.54, 1.807) is 7.11 Å². The molecule has 0 amide bonds. The molecule has 0 aliphatic heterocycles. The summed E-state index contributed by atoms with van der Waals surface area (Å²) >= 11 is 5.67. The predicted octanol–water partition coefficient (Wildman–Crippen LogP) is 2.57. The summed E-state index contributed by atoms with van der Waals surface area (Å²) in [4.78, 5) is 0. The Morgan fingerprint density at radius 2 is 2.31 bits per heavy atom. The van der Waals surface area contributed by atoms with Gasteiger partial charge in [-0.05, 0) is 11.8 Å². The molecule has 0 aromatic rings. The minimum Gasteiger partial charge on any atom is -0.355 e. The lowest BCUT2D eigenvalue weighted by Gasteiger charge is -2.29. The van der Waals surface area contributed by atoms with Gasteiger partial charge in [-0.25, -0.2) is 0 Å². The number of methoxy groups -OCH3 is 1. The zero-order valence-electron chi connectivity index (χ0n) is 8.42. The molecule has 0 radical (unpaired) electrons. The Hall–Kier alpha value is -0.0500. The Balaban J connectivity index is 2.48. The summed E-state index contributed by atoms with van der Waals surface area (Å²) in [5.74, 6) is 0.372. The van der Waals surface area contributed by atoms with Crippen molar-refractivity contribution in [1.29, 1.82) is 0 Å². The average molecular weight is 205 g/mol. The van der Waals surface area contributed by atoms with E-state index in [1.165, 1.54) is 0 Å². The van der Waals surface area contributed by atoms with E-state index in [0.717, 1.165) is 6.42 Å². The van der Waals surface area contributed by atoms with Gasteiger partial charge in [0, 0.05) is 7.11 Å². The molecule has 3 heteroatoms. The summed E-state index contributed by atoms with van der Waals surface area (Å²) < 4.78 is 10.8. The smallest absolute Gasteiger partial charge is 0.171 e. The van der Waals surface area contributed by atoms with Crippen molar-refractivity contribution in [2.45, 2.75) is 32.7 Å². The lowest BCUT2D eigenvalue weighted by atomic mass is 9.88. The highest BCUT2D eigenvalue weighted by Gasteiger charge is 2.33. The number of hydrogen-bond donors (Lipinski definition) is 0. The highest BCUT2D eigenvalue weighted by Crippen LogP contribution is 2.35. The van der Waals surface area contributed by atoms with Gasteiger partial charge >= 0.3 is 0 Å². The second-order valence-corrected chi connectivity index (χ2v) is 4.31. The van der Waals surface area contributed by atoms with Crippen LogP contribution in [0.2, 0.25) is 0 Å². The maximum absolute atomic E-state index is 5.68. The van der Waals surface area contributed by atoms with Crippen molar-refractivity contribution >= 4 is 11.6 Å². The Bertz CT molecular complexity index is 185. The molecule has 2 nitrogen and oxygen atoms in total. The van der Waals surface area contributed by atoms with Crippen LogP contribution in [0.3, 0.4) is 0 Å². The van der Waals surface area contributed by atoms with E-state index in [4.69, 9.17) is 21.1 Å². The summed E-state index contributed by atoms with van der Waals surface area (Å²) in [7, 11) is 1.61. The molecule has 0 bridgehead atoms. The first-order valence-electron chi connectivity index (χ1n) is 4.51. The topological polar surface area (TPSA) is 18.5 Å². The molecule has 0 saturated carbocycles. The molecule has 0 heterocycles. The standard InChI is InChI=1S/C10H17ClO2/c1-10(2)6-4-5-8(10)13-9(7-11)12-3/h4-5,8-9H,6-7H2,1-3H3. The molecule has 1 aliphatic rings. The number of halogens is 1. The minimum atomic E-state index is -0.298. The van der Waals surface area contributed by atoms with Crippen LogP contribution in [0, 0.1) is 5.41 Å². The van der Waals surface area contributed by atoms with Gasteiger partial charge in [-0.2, -0.15) is 0 Å². The summed E-state index contributed by atoms with van der Waals surface area (Å²) in [6.45, 7) is 4.36. The third kappa shape index (κ3) is 2.70. The molecule has 0 saturated heterocycles. The lowest BCUT2D eigenvalue weighted by molar-refractivity contribution is -0.151. The largest absolute Gasteiger partial charge is 0.355 e. The van der Waals surface area contributed by atoms with Crippen LogP contribution in [-0.4, -0.2) is 25.4 Å². The molecule has 13 heavy (non-hydrogen) atoms. The molecule has 1 aliphatic carbocycles. The molecule has 0 aromatic heterocycles. The monoisotopic (exact) mass is 204 g/mol. The molecular weight excluding hydrogens is 188 g/mol. The predicted molar refractivity (Wildman–Crippen MR) is 53.9 cm³/mol. The summed E-state index contributed by atoms with van der Waals surface area (Å²) in [5, 5.41) is 0. The van der Waals surface area contributed by atoms with Gasteiger partial charge in [0.25, 0.3) is 0 Å². The maximum atomic E-state index is 5.68. The molecule has 2 atom stereocenters. The van der Waals surface area contributed by atoms with Crippen LogP contribution in [0.1, 0.15) is 20.3 Å². The van der Waals surface area contributed by atoms with Crippen LogP contribution >= 0.6 is 11.6 Å². The summed E-state index contributed by atoms with van der Waals surface area (Å²) in [6.07, 6.45) is 5.10. The van der Waals surface area contributed by atoms with E-state index in [1.807, 2.05) is 0 Å². The van der Waals surface area contributed by atoms with Gasteiger partial charge in [0.2, 0.25) is 0 Å². The van der Waals surface area contributed by atoms with E-state index in [9.17, 15) is 0 Å². The van der Waals surface area contributed by atoms with Gasteiger partial charge in [0.1, 0.15) is 0 Å². The second-order valence-electron chi connectivity index (χ2n) is 4.00. The van der Waals surface area contributed by atoms with Crippen LogP contribution in [0.25, 0.3) is 0 Å². The van der Waals surface area contributed by atoms with E-state index in [2.05, 4.69) is 26.0 Å². The number of ether oxygens (including phenoxy) is 2. The van der Waals surface area contributed by atoms with Gasteiger partial charge in [-0.3, -0.25) is 0 Å². The van der Waals surface area contributed by atoms with Gasteiger partial charge in [0.15, 0.2) is 6.29 Å². The number of allylic oxidation sites excluding steroid dienone is 1. The van der Waals surface area contributed by atoms with Crippen molar-refractivity contribution in [2.75, 3.05) is 13.0 Å². The maximum Gasteiger partial charge on any atom is 0.171 e. The molecule has 2 unspecified atom stereocenters. The third-order valence-electron chi connectivity index (χ3n) is 2.41. The molecule has 0 aromatic carbocycles. The lowest BCUT2D eigenvalue weighted by Crippen LogP contribution is -2.32. The van der Waals surface area contributed by atoms with Crippen molar-refractivity contribution in [2.24, 2.45) is 5.41 Å². The van der Waals surface area contributed by atoms with Gasteiger partial charge in [0.05, 0.1) is 12.0 Å². The van der Waals surface area contributed by atoms with Crippen molar-refractivity contribution < 1.29 is 9.47 Å². The fraction of sp³-hybridized carbons (Fsp3) is 0.800. The van der Waals surface area contributed by atoms with Crippen LogP contribution in [0.5, 0.6) is 0 Å². The Morgan fingerprint density at radius 1 is 1.62 bits per heavy atom. The Kier molecular flexibility index (Phi) is 3.77. The number of alkyl halides is 1. The van der Waals surface area contributed by atoms with E-state index in [0.29, 0.717) is 5.88 Å². The fourth-order valence-corrected chi connectivity index (χ4v) is 1.62. The van der Waals surface area contributed by atoms with Crippen molar-refractivity contribution in [3.05, 3.63) is 12.2 Å². The van der Waals surface area contributed by atoms with Crippen LogP contribution in [0.4, 0.5) is 0 Å². The Morgan fingerprint density at radius 3 is 2.69 bits per heavy atom. The van der Waals surface area contributed by atoms with E-state index in [-0.39, 0.29) is 17.8 Å². The molecule has 0 fully saturated rings. The average Bonchev–Trinajstić information content (AvgIpc) is 2.41. The Labute approximate surface area is 84.9 Å². The zero-order chi connectivity index (χ0) is 9.90. The third-order valence-corrected chi connectivity index (χ3v) is 2.66. The van der Waals surface area contributed by atoms with Crippen molar-refractivity contribution in [1.82, 2.24) is 0 Å². The van der Waals surface area contributed by atoms with Crippen LogP contribution in [0.15, 0.2) is 12.2 Å². The fourth-order valence-electron chi connectivity index (χ4n) is 1.42.